The van der Waals surface area contributed by atoms with E-state index in [-0.39, 0.29) is 43.3 Å². The molecule has 1 amide bonds. The monoisotopic (exact) mass is 738 g/mol. The fourth-order valence-corrected chi connectivity index (χ4v) is 6.40. The van der Waals surface area contributed by atoms with Crippen LogP contribution in [0.1, 0.15) is 27.7 Å². The number of carbonyl (C=O) groups excluding carboxylic acids is 1. The van der Waals surface area contributed by atoms with Crippen molar-refractivity contribution in [1.29, 1.82) is 0 Å². The van der Waals surface area contributed by atoms with Gasteiger partial charge in [-0.2, -0.15) is 0 Å². The number of carbonyl (C=O) groups is 1. The number of ether oxygens (including phenoxy) is 5. The van der Waals surface area contributed by atoms with Crippen LogP contribution in [0.4, 0.5) is 5.82 Å². The van der Waals surface area contributed by atoms with E-state index in [2.05, 4.69) is 30.3 Å². The minimum atomic E-state index is -1.48. The van der Waals surface area contributed by atoms with Gasteiger partial charge in [0.2, 0.25) is 0 Å². The summed E-state index contributed by atoms with van der Waals surface area (Å²) in [4.78, 5) is 28.7. The van der Waals surface area contributed by atoms with E-state index in [1.807, 2.05) is 60.7 Å². The lowest BCUT2D eigenvalue weighted by atomic mass is 9.98. The zero-order chi connectivity index (χ0) is 37.4. The molecule has 0 unspecified atom stereocenters. The molecule has 5 aromatic rings. The zero-order valence-electron chi connectivity index (χ0n) is 28.8. The standard InChI is InChI=1S/C37H38N8O9/c38-44-42-16-25-31(30(48)36(52-25)45-21-41-27-33(39-20-40-34(27)45)43-35(49)24-14-8-3-9-15-24)54-37-32(51-18-23-12-6-2-7-13-23)29(47)28(46)26(53-37)19-50-17-22-10-4-1-5-11-22/h1-15,20-21,25-26,28-32,36-37,46-48H,16-19H2,(H,39,40,43,49)/t25-,26-,28-,29+,30-,31-,32-,36-,37-/m1/s1. The molecule has 7 rings (SSSR count). The number of nitrogens with zero attached hydrogens (tertiary/aromatic N) is 7. The van der Waals surface area contributed by atoms with Gasteiger partial charge in [-0.1, -0.05) is 84.0 Å². The average molecular weight is 739 g/mol. The van der Waals surface area contributed by atoms with Gasteiger partial charge in [0.05, 0.1) is 38.8 Å². The molecule has 280 valence electrons. The van der Waals surface area contributed by atoms with E-state index >= 15 is 0 Å². The smallest absolute Gasteiger partial charge is 0.256 e. The molecule has 0 spiro atoms. The summed E-state index contributed by atoms with van der Waals surface area (Å²) in [5.74, 6) is -0.265. The highest BCUT2D eigenvalue weighted by Gasteiger charge is 2.52. The number of hydrogen-bond acceptors (Lipinski definition) is 13. The van der Waals surface area contributed by atoms with Crippen molar-refractivity contribution in [2.24, 2.45) is 5.11 Å². The molecule has 4 N–H and O–H groups in total. The molecule has 0 bridgehead atoms. The zero-order valence-corrected chi connectivity index (χ0v) is 28.8. The normalized spacial score (nSPS) is 26.7. The van der Waals surface area contributed by atoms with Crippen LogP contribution in [0.5, 0.6) is 0 Å². The number of hydrogen-bond donors (Lipinski definition) is 4. The first-order valence-corrected chi connectivity index (χ1v) is 17.2. The number of amides is 1. The van der Waals surface area contributed by atoms with E-state index in [4.69, 9.17) is 23.7 Å². The quantitative estimate of drug-likeness (QED) is 0.0731. The molecule has 0 aliphatic carbocycles. The highest BCUT2D eigenvalue weighted by molar-refractivity contribution is 6.06. The number of aromatic nitrogens is 4. The van der Waals surface area contributed by atoms with Crippen molar-refractivity contribution in [1.82, 2.24) is 19.5 Å². The minimum absolute atomic E-state index is 0.0477. The number of rotatable bonds is 14. The maximum absolute atomic E-state index is 12.9. The maximum Gasteiger partial charge on any atom is 0.256 e. The fourth-order valence-electron chi connectivity index (χ4n) is 6.40. The van der Waals surface area contributed by atoms with Crippen molar-refractivity contribution in [3.05, 3.63) is 131 Å². The predicted molar refractivity (Wildman–Crippen MR) is 190 cm³/mol. The van der Waals surface area contributed by atoms with E-state index in [9.17, 15) is 25.6 Å². The van der Waals surface area contributed by atoms with Gasteiger partial charge in [0.1, 0.15) is 43.0 Å². The van der Waals surface area contributed by atoms with E-state index < -0.39 is 61.2 Å². The molecule has 54 heavy (non-hydrogen) atoms. The van der Waals surface area contributed by atoms with Crippen molar-refractivity contribution < 1.29 is 43.8 Å². The first-order valence-electron chi connectivity index (χ1n) is 17.2. The van der Waals surface area contributed by atoms with Gasteiger partial charge in [0.25, 0.3) is 5.91 Å². The Kier molecular flexibility index (Phi) is 11.8. The molecule has 2 aliphatic rings. The Balaban J connectivity index is 1.13. The number of anilines is 1. The van der Waals surface area contributed by atoms with Crippen LogP contribution >= 0.6 is 0 Å². The minimum Gasteiger partial charge on any atom is -0.387 e. The van der Waals surface area contributed by atoms with Crippen molar-refractivity contribution in [2.75, 3.05) is 18.5 Å². The summed E-state index contributed by atoms with van der Waals surface area (Å²) in [5, 5.41) is 40.8. The van der Waals surface area contributed by atoms with Crippen LogP contribution in [0.3, 0.4) is 0 Å². The van der Waals surface area contributed by atoms with E-state index in [1.54, 1.807) is 30.3 Å². The Hall–Kier alpha value is -5.33. The van der Waals surface area contributed by atoms with Crippen molar-refractivity contribution >= 4 is 22.9 Å². The van der Waals surface area contributed by atoms with Gasteiger partial charge >= 0.3 is 0 Å². The summed E-state index contributed by atoms with van der Waals surface area (Å²) in [6.45, 7) is -0.0667. The second-order valence-corrected chi connectivity index (χ2v) is 12.7. The first kappa shape index (κ1) is 37.0. The van der Waals surface area contributed by atoms with Crippen LogP contribution in [-0.2, 0) is 36.9 Å². The summed E-state index contributed by atoms with van der Waals surface area (Å²) in [7, 11) is 0. The number of benzene rings is 3. The highest BCUT2D eigenvalue weighted by Crippen LogP contribution is 2.37. The number of aliphatic hydroxyl groups is 3. The number of aliphatic hydroxyl groups excluding tert-OH is 3. The van der Waals surface area contributed by atoms with E-state index in [0.717, 1.165) is 11.1 Å². The Morgan fingerprint density at radius 3 is 2.22 bits per heavy atom. The largest absolute Gasteiger partial charge is 0.387 e. The lowest BCUT2D eigenvalue weighted by molar-refractivity contribution is -0.328. The van der Waals surface area contributed by atoms with Crippen LogP contribution in [-0.4, -0.2) is 103 Å². The number of fused-ring (bicyclic) bond motifs is 1. The molecule has 2 aliphatic heterocycles. The topological polar surface area (TPSA) is 228 Å². The number of azide groups is 1. The summed E-state index contributed by atoms with van der Waals surface area (Å²) >= 11 is 0. The molecule has 17 heteroatoms. The molecular formula is C37H38N8O9. The van der Waals surface area contributed by atoms with Crippen LogP contribution in [0.2, 0.25) is 0 Å². The van der Waals surface area contributed by atoms with Crippen LogP contribution in [0.15, 0.2) is 109 Å². The van der Waals surface area contributed by atoms with E-state index in [0.29, 0.717) is 5.56 Å². The number of nitrogens with one attached hydrogen (secondary N) is 1. The summed E-state index contributed by atoms with van der Waals surface area (Å²) in [5.41, 5.74) is 11.7. The average Bonchev–Trinajstić information content (AvgIpc) is 3.77. The lowest BCUT2D eigenvalue weighted by Crippen LogP contribution is -2.61. The van der Waals surface area contributed by atoms with Gasteiger partial charge in [-0.15, -0.1) is 0 Å². The molecule has 0 saturated carbocycles. The molecule has 17 nitrogen and oxygen atoms in total. The third-order valence-electron chi connectivity index (χ3n) is 9.15. The Bertz CT molecular complexity index is 2030. The fraction of sp³-hybridized carbons (Fsp3) is 0.351. The first-order chi connectivity index (χ1) is 26.4. The number of imidazole rings is 1. The third kappa shape index (κ3) is 8.24. The maximum atomic E-state index is 12.9. The molecule has 2 saturated heterocycles. The SMILES string of the molecule is [N-]=[N+]=NC[C@H]1O[C@@H](n2cnc3c(NC(=O)c4ccccc4)ncnc32)[C@H](O)[C@@H]1O[C@H]1O[C@H](COCc2ccccc2)[C@@H](O)[C@H](O)[C@H]1OCc1ccccc1. The van der Waals surface area contributed by atoms with Crippen molar-refractivity contribution in [3.8, 4) is 0 Å². The molecular weight excluding hydrogens is 700 g/mol. The van der Waals surface area contributed by atoms with Crippen LogP contribution in [0.25, 0.3) is 21.6 Å². The Morgan fingerprint density at radius 2 is 1.52 bits per heavy atom. The molecule has 2 fully saturated rings. The second-order valence-electron chi connectivity index (χ2n) is 12.7. The summed E-state index contributed by atoms with van der Waals surface area (Å²) in [6, 6.07) is 27.2. The molecule has 0 radical (unpaired) electrons. The predicted octanol–water partition coefficient (Wildman–Crippen LogP) is 3.28. The van der Waals surface area contributed by atoms with E-state index in [1.165, 1.54) is 17.2 Å². The molecule has 4 heterocycles. The lowest BCUT2D eigenvalue weighted by Gasteiger charge is -2.43. The summed E-state index contributed by atoms with van der Waals surface area (Å²) in [6.07, 6.45) is -8.74. The molecule has 2 aromatic heterocycles. The summed E-state index contributed by atoms with van der Waals surface area (Å²) < 4.78 is 32.3. The van der Waals surface area contributed by atoms with Gasteiger partial charge in [-0.05, 0) is 28.8 Å². The second kappa shape index (κ2) is 17.2. The van der Waals surface area contributed by atoms with Gasteiger partial charge in [0, 0.05) is 10.5 Å². The van der Waals surface area contributed by atoms with Gasteiger partial charge < -0.3 is 44.3 Å². The molecule has 3 aromatic carbocycles. The Morgan fingerprint density at radius 1 is 0.833 bits per heavy atom. The van der Waals surface area contributed by atoms with Crippen molar-refractivity contribution in [2.45, 2.75) is 68.5 Å². The highest BCUT2D eigenvalue weighted by atomic mass is 16.7. The van der Waals surface area contributed by atoms with Crippen molar-refractivity contribution in [3.63, 3.8) is 0 Å². The van der Waals surface area contributed by atoms with Crippen LogP contribution < -0.4 is 5.32 Å². The van der Waals surface area contributed by atoms with Gasteiger partial charge in [-0.3, -0.25) is 9.36 Å². The third-order valence-corrected chi connectivity index (χ3v) is 9.15. The van der Waals surface area contributed by atoms with Gasteiger partial charge in [0.15, 0.2) is 29.5 Å². The van der Waals surface area contributed by atoms with Gasteiger partial charge in [-0.25, -0.2) is 15.0 Å². The molecule has 9 atom stereocenters. The van der Waals surface area contributed by atoms with Crippen LogP contribution in [0, 0.1) is 0 Å². The Labute approximate surface area is 308 Å².